The first-order valence-corrected chi connectivity index (χ1v) is 4.22. The van der Waals surface area contributed by atoms with Crippen molar-refractivity contribution in [3.8, 4) is 0 Å². The molecule has 2 aromatic rings. The van der Waals surface area contributed by atoms with Gasteiger partial charge in [-0.15, -0.1) is 23.7 Å². The lowest BCUT2D eigenvalue weighted by Crippen LogP contribution is -1.92. The molecular formula is C7H9ClN2OS. The number of aromatic nitrogens is 2. The minimum absolute atomic E-state index is 0. The molecule has 2 rings (SSSR count). The number of nitrogens with zero attached hydrogens (tertiary/aromatic N) is 2. The van der Waals surface area contributed by atoms with Gasteiger partial charge in [0.2, 0.25) is 0 Å². The summed E-state index contributed by atoms with van der Waals surface area (Å²) in [5, 5.41) is 10.9. The average molecular weight is 205 g/mol. The number of imidazole rings is 1. The molecule has 0 fully saturated rings. The van der Waals surface area contributed by atoms with Crippen LogP contribution in [0.4, 0.5) is 0 Å². The van der Waals surface area contributed by atoms with Crippen molar-refractivity contribution in [3.63, 3.8) is 0 Å². The fraction of sp³-hybridized carbons (Fsp3) is 0.286. The number of rotatable bonds is 1. The van der Waals surface area contributed by atoms with Gasteiger partial charge in [0.25, 0.3) is 0 Å². The summed E-state index contributed by atoms with van der Waals surface area (Å²) in [7, 11) is 0. The second-order valence-corrected chi connectivity index (χ2v) is 3.25. The van der Waals surface area contributed by atoms with Gasteiger partial charge in [0.1, 0.15) is 10.7 Å². The Morgan fingerprint density at radius 1 is 1.67 bits per heavy atom. The van der Waals surface area contributed by atoms with Crippen LogP contribution in [0.2, 0.25) is 0 Å². The van der Waals surface area contributed by atoms with Crippen molar-refractivity contribution in [2.45, 2.75) is 13.5 Å². The summed E-state index contributed by atoms with van der Waals surface area (Å²) in [6, 6.07) is 0. The summed E-state index contributed by atoms with van der Waals surface area (Å²) in [6.45, 7) is 2.01. The van der Waals surface area contributed by atoms with Gasteiger partial charge in [0, 0.05) is 5.38 Å². The van der Waals surface area contributed by atoms with E-state index >= 15 is 0 Å². The van der Waals surface area contributed by atoms with Crippen LogP contribution < -0.4 is 0 Å². The highest BCUT2D eigenvalue weighted by Gasteiger charge is 2.04. The molecule has 0 amide bonds. The van der Waals surface area contributed by atoms with E-state index in [1.165, 1.54) is 0 Å². The Morgan fingerprint density at radius 2 is 2.42 bits per heavy atom. The van der Waals surface area contributed by atoms with Crippen LogP contribution in [-0.4, -0.2) is 14.5 Å². The summed E-state index contributed by atoms with van der Waals surface area (Å²) >= 11 is 1.60. The van der Waals surface area contributed by atoms with E-state index in [0.717, 1.165) is 16.3 Å². The Balaban J connectivity index is 0.000000720. The molecule has 0 aromatic carbocycles. The molecule has 1 N–H and O–H groups in total. The van der Waals surface area contributed by atoms with Gasteiger partial charge >= 0.3 is 0 Å². The maximum Gasteiger partial charge on any atom is 0.119 e. The third-order valence-corrected chi connectivity index (χ3v) is 2.59. The van der Waals surface area contributed by atoms with E-state index in [0.29, 0.717) is 0 Å². The van der Waals surface area contributed by atoms with Crippen LogP contribution in [0.3, 0.4) is 0 Å². The molecule has 12 heavy (non-hydrogen) atoms. The summed E-state index contributed by atoms with van der Waals surface area (Å²) in [4.78, 5) is 5.22. The number of aryl methyl sites for hydroxylation is 1. The number of hydrogen-bond acceptors (Lipinski definition) is 3. The Bertz CT molecular complexity index is 382. The van der Waals surface area contributed by atoms with Gasteiger partial charge in [-0.2, -0.15) is 0 Å². The Labute approximate surface area is 80.1 Å². The zero-order chi connectivity index (χ0) is 7.84. The van der Waals surface area contributed by atoms with Crippen LogP contribution in [0, 0.1) is 6.92 Å². The van der Waals surface area contributed by atoms with E-state index in [-0.39, 0.29) is 19.0 Å². The predicted octanol–water partition coefficient (Wildman–Crippen LogP) is 1.62. The molecule has 3 nitrogen and oxygen atoms in total. The first-order chi connectivity index (χ1) is 5.33. The number of aliphatic hydroxyl groups excluding tert-OH is 1. The van der Waals surface area contributed by atoms with Gasteiger partial charge < -0.3 is 5.11 Å². The van der Waals surface area contributed by atoms with Crippen molar-refractivity contribution in [1.29, 1.82) is 0 Å². The van der Waals surface area contributed by atoms with Crippen molar-refractivity contribution in [2.75, 3.05) is 0 Å². The third kappa shape index (κ3) is 1.22. The molecular weight excluding hydrogens is 196 g/mol. The van der Waals surface area contributed by atoms with Crippen LogP contribution in [0.15, 0.2) is 11.6 Å². The number of thiazole rings is 1. The van der Waals surface area contributed by atoms with Gasteiger partial charge in [-0.3, -0.25) is 4.40 Å². The molecule has 0 radical (unpaired) electrons. The zero-order valence-electron chi connectivity index (χ0n) is 6.52. The second-order valence-electron chi connectivity index (χ2n) is 2.36. The van der Waals surface area contributed by atoms with Crippen molar-refractivity contribution in [3.05, 3.63) is 23.1 Å². The van der Waals surface area contributed by atoms with Crippen molar-refractivity contribution < 1.29 is 5.11 Å². The third-order valence-electron chi connectivity index (χ3n) is 1.67. The molecule has 0 aliphatic heterocycles. The summed E-state index contributed by atoms with van der Waals surface area (Å²) < 4.78 is 1.96. The Hall–Kier alpha value is -0.580. The molecule has 0 aliphatic rings. The van der Waals surface area contributed by atoms with E-state index in [1.807, 2.05) is 22.9 Å². The van der Waals surface area contributed by atoms with E-state index < -0.39 is 0 Å². The van der Waals surface area contributed by atoms with E-state index in [9.17, 15) is 0 Å². The minimum Gasteiger partial charge on any atom is -0.390 e. The van der Waals surface area contributed by atoms with Crippen LogP contribution in [0.5, 0.6) is 0 Å². The summed E-state index contributed by atoms with van der Waals surface area (Å²) in [5.41, 5.74) is 0.917. The zero-order valence-corrected chi connectivity index (χ0v) is 8.15. The average Bonchev–Trinajstić information content (AvgIpc) is 2.54. The molecule has 0 aliphatic carbocycles. The van der Waals surface area contributed by atoms with Crippen LogP contribution in [0.1, 0.15) is 11.5 Å². The smallest absolute Gasteiger partial charge is 0.119 e. The molecule has 5 heteroatoms. The van der Waals surface area contributed by atoms with Gasteiger partial charge in [0.05, 0.1) is 18.5 Å². The molecule has 0 spiro atoms. The fourth-order valence-corrected chi connectivity index (χ4v) is 2.05. The maximum atomic E-state index is 8.93. The lowest BCUT2D eigenvalue weighted by molar-refractivity contribution is 0.276. The first-order valence-electron chi connectivity index (χ1n) is 3.34. The van der Waals surface area contributed by atoms with Crippen LogP contribution in [-0.2, 0) is 6.61 Å². The monoisotopic (exact) mass is 204 g/mol. The summed E-state index contributed by atoms with van der Waals surface area (Å²) in [5.74, 6) is 0.935. The normalized spacial score (nSPS) is 10.2. The van der Waals surface area contributed by atoms with E-state index in [2.05, 4.69) is 4.98 Å². The van der Waals surface area contributed by atoms with E-state index in [4.69, 9.17) is 5.11 Å². The van der Waals surface area contributed by atoms with Crippen molar-refractivity contribution in [2.24, 2.45) is 0 Å². The highest BCUT2D eigenvalue weighted by atomic mass is 35.5. The second kappa shape index (κ2) is 3.43. The quantitative estimate of drug-likeness (QED) is 0.767. The number of fused-ring (bicyclic) bond motifs is 1. The SMILES string of the molecule is Cc1ncc2scc(CO)n12.Cl. The fourth-order valence-electron chi connectivity index (χ4n) is 1.15. The highest BCUT2D eigenvalue weighted by molar-refractivity contribution is 7.15. The van der Waals surface area contributed by atoms with Gasteiger partial charge in [-0.25, -0.2) is 4.98 Å². The minimum atomic E-state index is 0. The summed E-state index contributed by atoms with van der Waals surface area (Å²) in [6.07, 6.45) is 1.82. The standard InChI is InChI=1S/C7H8N2OS.ClH/c1-5-8-2-7-9(5)6(3-10)4-11-7;/h2,4,10H,3H2,1H3;1H. The van der Waals surface area contributed by atoms with E-state index in [1.54, 1.807) is 11.3 Å². The van der Waals surface area contributed by atoms with Gasteiger partial charge in [-0.05, 0) is 6.92 Å². The topological polar surface area (TPSA) is 37.5 Å². The lowest BCUT2D eigenvalue weighted by atomic mass is 10.5. The van der Waals surface area contributed by atoms with Crippen LogP contribution in [0.25, 0.3) is 4.83 Å². The molecule has 2 aromatic heterocycles. The molecule has 0 unspecified atom stereocenters. The lowest BCUT2D eigenvalue weighted by Gasteiger charge is -1.93. The largest absolute Gasteiger partial charge is 0.390 e. The van der Waals surface area contributed by atoms with Crippen molar-refractivity contribution >= 4 is 28.6 Å². The molecule has 0 saturated heterocycles. The van der Waals surface area contributed by atoms with Crippen LogP contribution >= 0.6 is 23.7 Å². The highest BCUT2D eigenvalue weighted by Crippen LogP contribution is 2.17. The molecule has 0 bridgehead atoms. The molecule has 0 saturated carbocycles. The molecule has 0 atom stereocenters. The van der Waals surface area contributed by atoms with Crippen molar-refractivity contribution in [1.82, 2.24) is 9.38 Å². The molecule has 2 heterocycles. The van der Waals surface area contributed by atoms with Gasteiger partial charge in [0.15, 0.2) is 0 Å². The Kier molecular flexibility index (Phi) is 2.72. The predicted molar refractivity (Wildman–Crippen MR) is 51.0 cm³/mol. The molecule has 66 valence electrons. The number of aliphatic hydroxyl groups is 1. The maximum absolute atomic E-state index is 8.93. The number of halogens is 1. The Morgan fingerprint density at radius 3 is 3.08 bits per heavy atom. The number of hydrogen-bond donors (Lipinski definition) is 1. The van der Waals surface area contributed by atoms with Gasteiger partial charge in [-0.1, -0.05) is 0 Å². The first kappa shape index (κ1) is 9.51.